The molecule has 69 heavy (non-hydrogen) atoms. The van der Waals surface area contributed by atoms with Crippen molar-refractivity contribution >= 4 is 58.2 Å². The van der Waals surface area contributed by atoms with Crippen molar-refractivity contribution in [3.63, 3.8) is 0 Å². The van der Waals surface area contributed by atoms with Gasteiger partial charge in [0.25, 0.3) is 5.91 Å². The lowest BCUT2D eigenvalue weighted by atomic mass is 9.89. The molecule has 0 aromatic heterocycles. The molecule has 0 bridgehead atoms. The molecule has 2 heterocycles. The van der Waals surface area contributed by atoms with E-state index in [1.54, 1.807) is 11.0 Å². The second kappa shape index (κ2) is 24.2. The number of fused-ring (bicyclic) bond motifs is 4. The van der Waals surface area contributed by atoms with Crippen molar-refractivity contribution in [1.29, 1.82) is 0 Å². The van der Waals surface area contributed by atoms with E-state index < -0.39 is 5.97 Å². The number of rotatable bonds is 22. The Morgan fingerprint density at radius 3 is 2.10 bits per heavy atom. The van der Waals surface area contributed by atoms with Crippen molar-refractivity contribution < 1.29 is 47.6 Å². The van der Waals surface area contributed by atoms with Crippen LogP contribution in [-0.2, 0) is 35.1 Å². The first-order valence-electron chi connectivity index (χ1n) is 23.1. The Kier molecular flexibility index (Phi) is 17.5. The minimum atomic E-state index is -1.11. The van der Waals surface area contributed by atoms with E-state index in [4.69, 9.17) is 23.4 Å². The van der Waals surface area contributed by atoms with Crippen LogP contribution < -0.4 is 30.4 Å². The van der Waals surface area contributed by atoms with E-state index in [9.17, 15) is 24.3 Å². The lowest BCUT2D eigenvalue weighted by molar-refractivity contribution is -0.122. The lowest BCUT2D eigenvalue weighted by Crippen LogP contribution is -2.35. The molecule has 0 saturated heterocycles. The molecule has 3 N–H and O–H groups in total. The highest BCUT2D eigenvalue weighted by Gasteiger charge is 2.25. The topological polar surface area (TPSA) is 172 Å². The predicted molar refractivity (Wildman–Crippen MR) is 268 cm³/mol. The van der Waals surface area contributed by atoms with Gasteiger partial charge in [-0.15, -0.1) is 0 Å². The second-order valence-electron chi connectivity index (χ2n) is 16.8. The van der Waals surface area contributed by atoms with Crippen LogP contribution in [0.4, 0.5) is 11.4 Å². The number of hydrogen-bond donors (Lipinski definition) is 3. The van der Waals surface area contributed by atoms with Crippen LogP contribution in [0.3, 0.4) is 0 Å². The van der Waals surface area contributed by atoms with Crippen molar-refractivity contribution in [2.45, 2.75) is 19.4 Å². The quantitative estimate of drug-likeness (QED) is 0.0390. The first kappa shape index (κ1) is 49.7. The summed E-state index contributed by atoms with van der Waals surface area (Å²) in [5.41, 5.74) is 7.59. The highest BCUT2D eigenvalue weighted by Crippen LogP contribution is 2.42. The van der Waals surface area contributed by atoms with E-state index in [1.165, 1.54) is 12.1 Å². The minimum Gasteiger partial charge on any atom is -0.478 e. The van der Waals surface area contributed by atoms with Gasteiger partial charge in [0, 0.05) is 79.9 Å². The molecule has 0 spiro atoms. The average Bonchev–Trinajstić information content (AvgIpc) is 3.34. The van der Waals surface area contributed by atoms with Gasteiger partial charge in [-0.05, 0) is 64.7 Å². The summed E-state index contributed by atoms with van der Waals surface area (Å²) in [7, 11) is 7.75. The van der Waals surface area contributed by atoms with E-state index in [0.717, 1.165) is 44.4 Å². The first-order valence-corrected chi connectivity index (χ1v) is 23.1. The largest absolute Gasteiger partial charge is 0.478 e. The summed E-state index contributed by atoms with van der Waals surface area (Å²) in [5.74, 6) is -1.15. The summed E-state index contributed by atoms with van der Waals surface area (Å²) >= 11 is 0. The van der Waals surface area contributed by atoms with Gasteiger partial charge in [-0.3, -0.25) is 14.4 Å². The van der Waals surface area contributed by atoms with Gasteiger partial charge in [0.2, 0.25) is 17.2 Å². The number of para-hydroxylation sites is 1. The fraction of sp³-hybridized carbons (Fsp3) is 0.315. The number of carboxylic acids is 1. The molecule has 4 aromatic rings. The van der Waals surface area contributed by atoms with E-state index in [-0.39, 0.29) is 62.4 Å². The third kappa shape index (κ3) is 13.1. The smallest absolute Gasteiger partial charge is 0.336 e. The zero-order valence-electron chi connectivity index (χ0n) is 39.6. The fourth-order valence-corrected chi connectivity index (χ4v) is 7.96. The Bertz CT molecular complexity index is 2850. The van der Waals surface area contributed by atoms with Gasteiger partial charge in [-0.25, -0.2) is 9.37 Å². The maximum Gasteiger partial charge on any atom is 0.336 e. The monoisotopic (exact) mass is 938 g/mol. The van der Waals surface area contributed by atoms with Gasteiger partial charge >= 0.3 is 5.97 Å². The summed E-state index contributed by atoms with van der Waals surface area (Å²) in [6.07, 6.45) is 4.44. The normalized spacial score (nSPS) is 12.4. The molecule has 0 atom stereocenters. The average molecular weight is 939 g/mol. The number of carbonyl (C=O) groups excluding carboxylic acids is 3. The molecule has 0 saturated carbocycles. The third-order valence-electron chi connectivity index (χ3n) is 11.6. The van der Waals surface area contributed by atoms with Gasteiger partial charge in [-0.1, -0.05) is 54.6 Å². The predicted octanol–water partition coefficient (Wildman–Crippen LogP) is 6.41. The minimum absolute atomic E-state index is 0.0621. The van der Waals surface area contributed by atoms with Crippen LogP contribution in [0.5, 0.6) is 0 Å². The third-order valence-corrected chi connectivity index (χ3v) is 11.6. The maximum absolute atomic E-state index is 13.4. The van der Waals surface area contributed by atoms with Crippen molar-refractivity contribution in [3.05, 3.63) is 136 Å². The summed E-state index contributed by atoms with van der Waals surface area (Å²) in [4.78, 5) is 55.6. The van der Waals surface area contributed by atoms with Crippen LogP contribution in [0.15, 0.2) is 108 Å². The molecule has 0 unspecified atom stereocenters. The van der Waals surface area contributed by atoms with Crippen LogP contribution in [0.1, 0.15) is 50.2 Å². The van der Waals surface area contributed by atoms with Crippen molar-refractivity contribution in [2.75, 3.05) is 104 Å². The Morgan fingerprint density at radius 1 is 0.696 bits per heavy atom. The van der Waals surface area contributed by atoms with Gasteiger partial charge in [0.05, 0.1) is 76.7 Å². The van der Waals surface area contributed by atoms with Crippen LogP contribution in [-0.4, -0.2) is 123 Å². The van der Waals surface area contributed by atoms with Crippen LogP contribution >= 0.6 is 0 Å². The number of carboxylic acid groups (broad SMARTS) is 1. The van der Waals surface area contributed by atoms with Crippen LogP contribution in [0.25, 0.3) is 45.6 Å². The van der Waals surface area contributed by atoms with Crippen molar-refractivity contribution in [3.8, 4) is 22.5 Å². The highest BCUT2D eigenvalue weighted by atomic mass is 16.6. The molecule has 7 rings (SSSR count). The molecule has 1 aliphatic carbocycles. The number of anilines is 2. The first-order chi connectivity index (χ1) is 33.5. The summed E-state index contributed by atoms with van der Waals surface area (Å²) in [6, 6.07) is 32.0. The maximum atomic E-state index is 13.4. The fourth-order valence-electron chi connectivity index (χ4n) is 7.96. The van der Waals surface area contributed by atoms with Crippen LogP contribution in [0.2, 0.25) is 0 Å². The number of aromatic carboxylic acids is 1. The molecule has 2 aliphatic heterocycles. The van der Waals surface area contributed by atoms with Crippen molar-refractivity contribution in [2.24, 2.45) is 0 Å². The Morgan fingerprint density at radius 2 is 1.38 bits per heavy atom. The highest BCUT2D eigenvalue weighted by molar-refractivity contribution is 6.09. The molecule has 360 valence electrons. The molecule has 15 heteroatoms. The Balaban J connectivity index is 0.766. The Hall–Kier alpha value is -7.17. The molecule has 4 aromatic carbocycles. The standard InChI is InChI=1S/C54H59N5O10/c1-57(2)41-16-19-44-48(34-41)69-49-35-42(58(3)4)17-20-45(49)52(44)46-33-39(15-18-43(46)54(63)64)53(62)56-24-26-66-28-30-68-32-31-67-29-27-65-25-22-50(60)55-23-21-51(61)59-36-40-11-6-5-9-37(40)13-14-38-10-7-8-12-47(38)59/h5-20,33-35H,21-32,36H2,1-4H3,(H2-,55,56,60,62,63,64)/p+1/b14-13-. The van der Waals surface area contributed by atoms with Gasteiger partial charge in [-0.2, -0.15) is 0 Å². The van der Waals surface area contributed by atoms with Crippen molar-refractivity contribution in [1.82, 2.24) is 15.2 Å². The van der Waals surface area contributed by atoms with E-state index in [2.05, 4.69) is 16.7 Å². The van der Waals surface area contributed by atoms with E-state index in [0.29, 0.717) is 74.2 Å². The molecule has 0 fully saturated rings. The number of nitrogens with zero attached hydrogens (tertiary/aromatic N) is 3. The van der Waals surface area contributed by atoms with E-state index >= 15 is 0 Å². The molecular formula is C54H60N5O10+. The summed E-state index contributed by atoms with van der Waals surface area (Å²) in [5, 5.41) is 17.6. The van der Waals surface area contributed by atoms with Gasteiger partial charge in [0.1, 0.15) is 25.4 Å². The molecule has 3 aliphatic rings. The summed E-state index contributed by atoms with van der Waals surface area (Å²) in [6.45, 7) is 3.42. The lowest BCUT2D eigenvalue weighted by Gasteiger charge is -2.27. The number of benzene rings is 5. The number of carbonyl (C=O) groups is 4. The zero-order valence-corrected chi connectivity index (χ0v) is 39.6. The molecule has 3 amide bonds. The number of amides is 3. The molecular weight excluding hydrogens is 879 g/mol. The number of hydrogen-bond acceptors (Lipinski definition) is 10. The summed E-state index contributed by atoms with van der Waals surface area (Å²) < 4.78 is 30.7. The van der Waals surface area contributed by atoms with Gasteiger partial charge in [0.15, 0.2) is 0 Å². The molecule has 0 radical (unpaired) electrons. The van der Waals surface area contributed by atoms with Gasteiger partial charge < -0.3 is 48.9 Å². The SMILES string of the molecule is CN(C)c1ccc2c(-c3cc(C(=O)NCCOCCOCCOCCOCCC(=O)NCCC(=O)N4Cc5ccccc5/C=C\c5ccccc54)ccc3C(=O)O)c3ccc(=[N+](C)C)cc-3oc2c1. The zero-order chi connectivity index (χ0) is 48.7. The Labute approximate surface area is 401 Å². The van der Waals surface area contributed by atoms with E-state index in [1.807, 2.05) is 129 Å². The van der Waals surface area contributed by atoms with Crippen LogP contribution in [0, 0.1) is 0 Å². The number of ether oxygens (including phenoxy) is 4. The number of nitrogens with one attached hydrogen (secondary N) is 2. The second-order valence-corrected chi connectivity index (χ2v) is 16.8. The molecule has 15 nitrogen and oxygen atoms in total.